The first-order chi connectivity index (χ1) is 12.0. The van der Waals surface area contributed by atoms with Gasteiger partial charge >= 0.3 is 5.97 Å². The fraction of sp³-hybridized carbons (Fsp3) is 0.526. The highest BCUT2D eigenvalue weighted by Crippen LogP contribution is 2.34. The van der Waals surface area contributed by atoms with Crippen molar-refractivity contribution in [2.45, 2.75) is 38.1 Å². The Balaban J connectivity index is 1.68. The Labute approximate surface area is 153 Å². The van der Waals surface area contributed by atoms with Crippen molar-refractivity contribution >= 4 is 29.2 Å². The van der Waals surface area contributed by atoms with Gasteiger partial charge < -0.3 is 10.1 Å². The van der Waals surface area contributed by atoms with E-state index in [1.807, 2.05) is 18.2 Å². The smallest absolute Gasteiger partial charge is 0.308 e. The summed E-state index contributed by atoms with van der Waals surface area (Å²) >= 11 is 5.45. The molecule has 3 rings (SSSR count). The van der Waals surface area contributed by atoms with Gasteiger partial charge in [0.25, 0.3) is 0 Å². The molecular weight excluding hydrogens is 336 g/mol. The highest BCUT2D eigenvalue weighted by Gasteiger charge is 2.44. The molecule has 4 atom stereocenters. The second kappa shape index (κ2) is 7.52. The minimum absolute atomic E-state index is 0.0684. The third-order valence-electron chi connectivity index (χ3n) is 5.35. The van der Waals surface area contributed by atoms with Gasteiger partial charge in [0.1, 0.15) is 0 Å². The summed E-state index contributed by atoms with van der Waals surface area (Å²) in [6.45, 7) is 2.67. The maximum Gasteiger partial charge on any atom is 0.308 e. The number of fused-ring (bicyclic) bond motifs is 1. The van der Waals surface area contributed by atoms with E-state index < -0.39 is 0 Å². The molecule has 0 spiro atoms. The van der Waals surface area contributed by atoms with Crippen LogP contribution in [-0.4, -0.2) is 41.6 Å². The summed E-state index contributed by atoms with van der Waals surface area (Å²) in [5, 5.41) is 3.77. The standard InChI is InChI=1S/C19H24N2O3S/c1-12(13-6-4-3-5-7-13)11-21-17(22)15-9-8-14(18(23)24-2)10-16(15)20-19(21)25/h3-7,12,14-16H,8-11H2,1-2H3,(H,20,25). The minimum atomic E-state index is -0.196. The Hall–Kier alpha value is -1.95. The van der Waals surface area contributed by atoms with Crippen molar-refractivity contribution < 1.29 is 14.3 Å². The Kier molecular flexibility index (Phi) is 5.37. The van der Waals surface area contributed by atoms with Crippen LogP contribution >= 0.6 is 12.2 Å². The van der Waals surface area contributed by atoms with Crippen molar-refractivity contribution in [1.82, 2.24) is 10.2 Å². The van der Waals surface area contributed by atoms with Gasteiger partial charge in [-0.25, -0.2) is 0 Å². The molecule has 1 aliphatic carbocycles. The summed E-state index contributed by atoms with van der Waals surface area (Å²) in [4.78, 5) is 26.5. The normalized spacial score (nSPS) is 27.3. The number of amides is 1. The fourth-order valence-corrected chi connectivity index (χ4v) is 4.19. The van der Waals surface area contributed by atoms with Crippen molar-refractivity contribution in [3.8, 4) is 0 Å². The van der Waals surface area contributed by atoms with Crippen LogP contribution in [0.4, 0.5) is 0 Å². The van der Waals surface area contributed by atoms with E-state index in [2.05, 4.69) is 24.4 Å². The van der Waals surface area contributed by atoms with E-state index in [0.717, 1.165) is 0 Å². The maximum absolute atomic E-state index is 13.0. The molecule has 1 aliphatic heterocycles. The number of carbonyl (C=O) groups is 2. The van der Waals surface area contributed by atoms with Crippen LogP contribution in [0.3, 0.4) is 0 Å². The quantitative estimate of drug-likeness (QED) is 0.660. The van der Waals surface area contributed by atoms with Gasteiger partial charge in [-0.05, 0) is 43.0 Å². The van der Waals surface area contributed by atoms with E-state index >= 15 is 0 Å². The summed E-state index contributed by atoms with van der Waals surface area (Å²) in [7, 11) is 1.41. The molecule has 1 amide bonds. The summed E-state index contributed by atoms with van der Waals surface area (Å²) in [5.74, 6) is -0.175. The summed E-state index contributed by atoms with van der Waals surface area (Å²) in [6, 6.07) is 10.1. The second-order valence-corrected chi connectivity index (χ2v) is 7.34. The minimum Gasteiger partial charge on any atom is -0.469 e. The number of carbonyl (C=O) groups excluding carboxylic acids is 2. The van der Waals surface area contributed by atoms with Crippen LogP contribution in [0.15, 0.2) is 30.3 Å². The van der Waals surface area contributed by atoms with Gasteiger partial charge in [-0.15, -0.1) is 0 Å². The lowest BCUT2D eigenvalue weighted by Crippen LogP contribution is -2.62. The zero-order chi connectivity index (χ0) is 18.0. The van der Waals surface area contributed by atoms with E-state index in [-0.39, 0.29) is 35.7 Å². The van der Waals surface area contributed by atoms with Crippen LogP contribution in [-0.2, 0) is 14.3 Å². The Morgan fingerprint density at radius 1 is 1.36 bits per heavy atom. The van der Waals surface area contributed by atoms with Crippen LogP contribution in [0.1, 0.15) is 37.7 Å². The molecule has 0 aromatic heterocycles. The van der Waals surface area contributed by atoms with E-state index in [0.29, 0.717) is 30.9 Å². The van der Waals surface area contributed by atoms with Crippen molar-refractivity contribution in [2.75, 3.05) is 13.7 Å². The molecule has 1 saturated carbocycles. The van der Waals surface area contributed by atoms with Crippen LogP contribution in [0.5, 0.6) is 0 Å². The molecule has 4 unspecified atom stereocenters. The van der Waals surface area contributed by atoms with Gasteiger partial charge in [-0.3, -0.25) is 14.5 Å². The van der Waals surface area contributed by atoms with Crippen molar-refractivity contribution in [2.24, 2.45) is 11.8 Å². The lowest BCUT2D eigenvalue weighted by Gasteiger charge is -2.43. The number of rotatable bonds is 4. The highest BCUT2D eigenvalue weighted by atomic mass is 32.1. The molecule has 1 aromatic carbocycles. The van der Waals surface area contributed by atoms with E-state index in [1.54, 1.807) is 4.90 Å². The second-order valence-electron chi connectivity index (χ2n) is 6.96. The average molecular weight is 360 g/mol. The number of methoxy groups -OCH3 is 1. The maximum atomic E-state index is 13.0. The summed E-state index contributed by atoms with van der Waals surface area (Å²) in [6.07, 6.45) is 1.98. The molecule has 1 heterocycles. The van der Waals surface area contributed by atoms with Gasteiger partial charge in [-0.1, -0.05) is 37.3 Å². The molecule has 6 heteroatoms. The first-order valence-corrected chi connectivity index (χ1v) is 9.16. The summed E-state index contributed by atoms with van der Waals surface area (Å²) in [5.41, 5.74) is 1.19. The predicted octanol–water partition coefficient (Wildman–Crippen LogP) is 2.46. The van der Waals surface area contributed by atoms with Crippen LogP contribution in [0.2, 0.25) is 0 Å². The van der Waals surface area contributed by atoms with Gasteiger partial charge in [0, 0.05) is 12.6 Å². The number of nitrogens with one attached hydrogen (secondary N) is 1. The average Bonchev–Trinajstić information content (AvgIpc) is 2.64. The van der Waals surface area contributed by atoms with Crippen LogP contribution in [0, 0.1) is 11.8 Å². The van der Waals surface area contributed by atoms with E-state index in [4.69, 9.17) is 17.0 Å². The fourth-order valence-electron chi connectivity index (χ4n) is 3.88. The predicted molar refractivity (Wildman–Crippen MR) is 98.9 cm³/mol. The van der Waals surface area contributed by atoms with Crippen molar-refractivity contribution in [3.63, 3.8) is 0 Å². The molecule has 1 aromatic rings. The molecule has 5 nitrogen and oxygen atoms in total. The Bertz CT molecular complexity index is 664. The number of esters is 1. The molecule has 2 fully saturated rings. The third kappa shape index (κ3) is 3.68. The number of ether oxygens (including phenoxy) is 1. The van der Waals surface area contributed by atoms with Gasteiger partial charge in [0.15, 0.2) is 5.11 Å². The molecule has 0 radical (unpaired) electrons. The number of thiocarbonyl (C=S) groups is 1. The van der Waals surface area contributed by atoms with Crippen molar-refractivity contribution in [3.05, 3.63) is 35.9 Å². The largest absolute Gasteiger partial charge is 0.469 e. The molecule has 134 valence electrons. The van der Waals surface area contributed by atoms with Crippen LogP contribution < -0.4 is 5.32 Å². The van der Waals surface area contributed by atoms with Gasteiger partial charge in [-0.2, -0.15) is 0 Å². The third-order valence-corrected chi connectivity index (χ3v) is 5.69. The first-order valence-electron chi connectivity index (χ1n) is 8.76. The van der Waals surface area contributed by atoms with E-state index in [1.165, 1.54) is 12.7 Å². The molecule has 0 bridgehead atoms. The first kappa shape index (κ1) is 17.9. The van der Waals surface area contributed by atoms with Gasteiger partial charge in [0.05, 0.1) is 18.9 Å². The zero-order valence-electron chi connectivity index (χ0n) is 14.6. The lowest BCUT2D eigenvalue weighted by molar-refractivity contribution is -0.149. The number of benzene rings is 1. The molecule has 25 heavy (non-hydrogen) atoms. The molecule has 1 N–H and O–H groups in total. The molecule has 2 aliphatic rings. The summed E-state index contributed by atoms with van der Waals surface area (Å²) < 4.78 is 4.85. The Morgan fingerprint density at radius 3 is 2.76 bits per heavy atom. The molecule has 1 saturated heterocycles. The topological polar surface area (TPSA) is 58.6 Å². The molecular formula is C19H24N2O3S. The monoisotopic (exact) mass is 360 g/mol. The highest BCUT2D eigenvalue weighted by molar-refractivity contribution is 7.80. The Morgan fingerprint density at radius 2 is 2.08 bits per heavy atom. The number of nitrogens with zero attached hydrogens (tertiary/aromatic N) is 1. The zero-order valence-corrected chi connectivity index (χ0v) is 15.4. The van der Waals surface area contributed by atoms with Crippen LogP contribution in [0.25, 0.3) is 0 Å². The van der Waals surface area contributed by atoms with E-state index in [9.17, 15) is 9.59 Å². The SMILES string of the molecule is COC(=O)C1CCC2C(=O)N(CC(C)c3ccccc3)C(=S)NC2C1. The van der Waals surface area contributed by atoms with Gasteiger partial charge in [0.2, 0.25) is 5.91 Å². The van der Waals surface area contributed by atoms with Crippen molar-refractivity contribution in [1.29, 1.82) is 0 Å². The lowest BCUT2D eigenvalue weighted by atomic mass is 9.76. The number of hydrogen-bond donors (Lipinski definition) is 1. The number of hydrogen-bond acceptors (Lipinski definition) is 4.